The predicted molar refractivity (Wildman–Crippen MR) is 124 cm³/mol. The Morgan fingerprint density at radius 1 is 1.29 bits per heavy atom. The predicted octanol–water partition coefficient (Wildman–Crippen LogP) is 3.17. The molecule has 2 fully saturated rings. The van der Waals surface area contributed by atoms with E-state index < -0.39 is 29.7 Å². The SMILES string of the molecule is CC1(C)CC(CC(C#N)NC(=O)C(CC2CC2)NC(=O)c2cc3ccc(F)c(Cl)c3[nH]2)C(=O)N1. The molecule has 1 saturated carbocycles. The van der Waals surface area contributed by atoms with Gasteiger partial charge in [0.15, 0.2) is 0 Å². The van der Waals surface area contributed by atoms with E-state index in [1.165, 1.54) is 12.1 Å². The highest BCUT2D eigenvalue weighted by Gasteiger charge is 2.39. The molecule has 3 amide bonds. The third-order valence-electron chi connectivity index (χ3n) is 6.40. The minimum absolute atomic E-state index is 0.111. The molecule has 10 heteroatoms. The van der Waals surface area contributed by atoms with Crippen LogP contribution in [0.5, 0.6) is 0 Å². The zero-order valence-electron chi connectivity index (χ0n) is 19.0. The first-order valence-electron chi connectivity index (χ1n) is 11.4. The summed E-state index contributed by atoms with van der Waals surface area (Å²) in [4.78, 5) is 41.0. The Labute approximate surface area is 201 Å². The maximum atomic E-state index is 13.7. The van der Waals surface area contributed by atoms with E-state index in [1.54, 1.807) is 6.07 Å². The highest BCUT2D eigenvalue weighted by molar-refractivity contribution is 6.35. The Morgan fingerprint density at radius 2 is 2.03 bits per heavy atom. The molecule has 2 heterocycles. The van der Waals surface area contributed by atoms with Crippen molar-refractivity contribution in [1.82, 2.24) is 20.9 Å². The lowest BCUT2D eigenvalue weighted by molar-refractivity contribution is -0.125. The average Bonchev–Trinajstić information content (AvgIpc) is 3.41. The van der Waals surface area contributed by atoms with Crippen molar-refractivity contribution in [2.24, 2.45) is 11.8 Å². The van der Waals surface area contributed by atoms with Crippen molar-refractivity contribution in [3.05, 3.63) is 34.7 Å². The standard InChI is InChI=1S/C24H27ClFN5O3/c1-24(2)10-14(21(32)31-24)8-15(11-27)28-22(33)17(7-12-3-4-12)30-23(34)18-9-13-5-6-16(26)19(25)20(13)29-18/h5-6,9,12,14-15,17,29H,3-4,7-8,10H2,1-2H3,(H,28,33)(H,30,34)(H,31,32). The second kappa shape index (κ2) is 9.26. The average molecular weight is 488 g/mol. The first-order chi connectivity index (χ1) is 16.1. The van der Waals surface area contributed by atoms with Crippen molar-refractivity contribution in [1.29, 1.82) is 5.26 Å². The van der Waals surface area contributed by atoms with Crippen LogP contribution in [0.3, 0.4) is 0 Å². The van der Waals surface area contributed by atoms with Crippen LogP contribution in [-0.2, 0) is 9.59 Å². The van der Waals surface area contributed by atoms with Gasteiger partial charge in [-0.1, -0.05) is 24.4 Å². The van der Waals surface area contributed by atoms with Crippen molar-refractivity contribution in [3.8, 4) is 6.07 Å². The van der Waals surface area contributed by atoms with Gasteiger partial charge in [-0.2, -0.15) is 5.26 Å². The molecule has 0 radical (unpaired) electrons. The number of carbonyl (C=O) groups excluding carboxylic acids is 3. The number of rotatable bonds is 8. The Balaban J connectivity index is 1.44. The maximum absolute atomic E-state index is 13.7. The smallest absolute Gasteiger partial charge is 0.268 e. The van der Waals surface area contributed by atoms with Crippen molar-refractivity contribution >= 4 is 40.2 Å². The molecular weight excluding hydrogens is 461 g/mol. The second-order valence-electron chi connectivity index (χ2n) is 9.91. The monoisotopic (exact) mass is 487 g/mol. The minimum Gasteiger partial charge on any atom is -0.351 e. The molecule has 1 aromatic heterocycles. The van der Waals surface area contributed by atoms with Gasteiger partial charge in [0.25, 0.3) is 5.91 Å². The fraction of sp³-hybridized carbons (Fsp3) is 0.500. The van der Waals surface area contributed by atoms with Crippen LogP contribution in [-0.4, -0.2) is 40.3 Å². The summed E-state index contributed by atoms with van der Waals surface area (Å²) in [6.07, 6.45) is 3.17. The van der Waals surface area contributed by atoms with E-state index in [0.717, 1.165) is 12.8 Å². The summed E-state index contributed by atoms with van der Waals surface area (Å²) in [5, 5.41) is 18.4. The van der Waals surface area contributed by atoms with Gasteiger partial charge in [-0.05, 0) is 57.2 Å². The van der Waals surface area contributed by atoms with Crippen molar-refractivity contribution in [2.45, 2.75) is 63.6 Å². The fourth-order valence-corrected chi connectivity index (χ4v) is 4.72. The Morgan fingerprint density at radius 3 is 2.65 bits per heavy atom. The number of nitrogens with zero attached hydrogens (tertiary/aromatic N) is 1. The highest BCUT2D eigenvalue weighted by Crippen LogP contribution is 2.34. The summed E-state index contributed by atoms with van der Waals surface area (Å²) in [7, 11) is 0. The summed E-state index contributed by atoms with van der Waals surface area (Å²) in [5.41, 5.74) is 0.106. The molecule has 1 aliphatic carbocycles. The van der Waals surface area contributed by atoms with Crippen LogP contribution in [0, 0.1) is 29.0 Å². The number of fused-ring (bicyclic) bond motifs is 1. The molecule has 3 atom stereocenters. The number of H-pyrrole nitrogens is 1. The number of hydrogen-bond donors (Lipinski definition) is 4. The molecule has 180 valence electrons. The van der Waals surface area contributed by atoms with E-state index in [1.807, 2.05) is 13.8 Å². The zero-order valence-corrected chi connectivity index (χ0v) is 19.8. The largest absolute Gasteiger partial charge is 0.351 e. The second-order valence-corrected chi connectivity index (χ2v) is 10.3. The summed E-state index contributed by atoms with van der Waals surface area (Å²) in [6, 6.07) is 4.64. The molecule has 34 heavy (non-hydrogen) atoms. The Bertz CT molecular complexity index is 1180. The van der Waals surface area contributed by atoms with Crippen LogP contribution in [0.1, 0.15) is 56.4 Å². The minimum atomic E-state index is -0.856. The molecule has 4 N–H and O–H groups in total. The van der Waals surface area contributed by atoms with Gasteiger partial charge in [0.1, 0.15) is 28.6 Å². The van der Waals surface area contributed by atoms with Gasteiger partial charge < -0.3 is 20.9 Å². The molecule has 8 nitrogen and oxygen atoms in total. The lowest BCUT2D eigenvalue weighted by Gasteiger charge is -2.21. The Kier molecular flexibility index (Phi) is 6.54. The number of amides is 3. The molecule has 0 spiro atoms. The molecule has 1 aliphatic heterocycles. The van der Waals surface area contributed by atoms with Crippen LogP contribution in [0.25, 0.3) is 10.9 Å². The van der Waals surface area contributed by atoms with Crippen molar-refractivity contribution in [3.63, 3.8) is 0 Å². The lowest BCUT2D eigenvalue weighted by Crippen LogP contribution is -2.50. The van der Waals surface area contributed by atoms with Crippen LogP contribution < -0.4 is 16.0 Å². The van der Waals surface area contributed by atoms with Gasteiger partial charge >= 0.3 is 0 Å². The van der Waals surface area contributed by atoms with Gasteiger partial charge in [0.2, 0.25) is 11.8 Å². The van der Waals surface area contributed by atoms with Gasteiger partial charge in [0, 0.05) is 16.8 Å². The zero-order chi connectivity index (χ0) is 24.6. The summed E-state index contributed by atoms with van der Waals surface area (Å²) < 4.78 is 13.7. The highest BCUT2D eigenvalue weighted by atomic mass is 35.5. The van der Waals surface area contributed by atoms with Gasteiger partial charge in [-0.15, -0.1) is 0 Å². The number of aromatic nitrogens is 1. The number of nitriles is 1. The van der Waals surface area contributed by atoms with E-state index in [4.69, 9.17) is 11.6 Å². The van der Waals surface area contributed by atoms with Gasteiger partial charge in [-0.3, -0.25) is 14.4 Å². The topological polar surface area (TPSA) is 127 Å². The van der Waals surface area contributed by atoms with Gasteiger partial charge in [0.05, 0.1) is 11.6 Å². The molecule has 3 unspecified atom stereocenters. The molecular formula is C24H27ClFN5O3. The molecule has 4 rings (SSSR count). The van der Waals surface area contributed by atoms with Crippen LogP contribution in [0.4, 0.5) is 4.39 Å². The molecule has 2 aromatic rings. The van der Waals surface area contributed by atoms with E-state index in [2.05, 4.69) is 27.0 Å². The van der Waals surface area contributed by atoms with Crippen LogP contribution in [0.15, 0.2) is 18.2 Å². The van der Waals surface area contributed by atoms with E-state index in [0.29, 0.717) is 29.7 Å². The number of hydrogen-bond acceptors (Lipinski definition) is 4. The van der Waals surface area contributed by atoms with E-state index in [9.17, 15) is 24.0 Å². The molecule has 1 aromatic carbocycles. The normalized spacial score (nSPS) is 20.9. The number of nitrogens with one attached hydrogen (secondary N) is 4. The van der Waals surface area contributed by atoms with Crippen molar-refractivity contribution < 1.29 is 18.8 Å². The third kappa shape index (κ3) is 5.33. The number of aromatic amines is 1. The Hall–Kier alpha value is -3.12. The first kappa shape index (κ1) is 24.0. The van der Waals surface area contributed by atoms with Crippen molar-refractivity contribution in [2.75, 3.05) is 0 Å². The van der Waals surface area contributed by atoms with Crippen LogP contribution in [0.2, 0.25) is 5.02 Å². The number of benzene rings is 1. The third-order valence-corrected chi connectivity index (χ3v) is 6.77. The van der Waals surface area contributed by atoms with E-state index in [-0.39, 0.29) is 34.5 Å². The molecule has 1 saturated heterocycles. The number of carbonyl (C=O) groups is 3. The summed E-state index contributed by atoms with van der Waals surface area (Å²) in [6.45, 7) is 3.83. The molecule has 0 bridgehead atoms. The number of halogens is 2. The maximum Gasteiger partial charge on any atom is 0.268 e. The summed E-state index contributed by atoms with van der Waals surface area (Å²) in [5.74, 6) is -1.77. The van der Waals surface area contributed by atoms with Gasteiger partial charge in [-0.25, -0.2) is 4.39 Å². The molecule has 2 aliphatic rings. The first-order valence-corrected chi connectivity index (χ1v) is 11.7. The summed E-state index contributed by atoms with van der Waals surface area (Å²) >= 11 is 5.99. The fourth-order valence-electron chi connectivity index (χ4n) is 4.50. The van der Waals surface area contributed by atoms with E-state index >= 15 is 0 Å². The van der Waals surface area contributed by atoms with Crippen LogP contribution >= 0.6 is 11.6 Å². The lowest BCUT2D eigenvalue weighted by atomic mass is 9.92. The quantitative estimate of drug-likeness (QED) is 0.456.